The fourth-order valence-electron chi connectivity index (χ4n) is 6.74. The molecule has 0 saturated heterocycles. The first kappa shape index (κ1) is 27.4. The highest BCUT2D eigenvalue weighted by Crippen LogP contribution is 2.34. The van der Waals surface area contributed by atoms with Crippen LogP contribution < -0.4 is 0 Å². The van der Waals surface area contributed by atoms with E-state index in [0.717, 1.165) is 71.4 Å². The van der Waals surface area contributed by atoms with E-state index in [9.17, 15) is 0 Å². The lowest BCUT2D eigenvalue weighted by Crippen LogP contribution is -2.00. The van der Waals surface area contributed by atoms with Crippen LogP contribution in [0.15, 0.2) is 162 Å². The second-order valence-corrected chi connectivity index (χ2v) is 12.4. The van der Waals surface area contributed by atoms with Crippen LogP contribution in [0.5, 0.6) is 0 Å². The van der Waals surface area contributed by atoms with Gasteiger partial charge in [-0.2, -0.15) is 0 Å². The Morgan fingerprint density at radius 1 is 0.347 bits per heavy atom. The fourth-order valence-corrected chi connectivity index (χ4v) is 6.74. The van der Waals surface area contributed by atoms with Crippen molar-refractivity contribution in [3.8, 4) is 45.4 Å². The molecule has 0 fully saturated rings. The van der Waals surface area contributed by atoms with Gasteiger partial charge in [-0.05, 0) is 69.4 Å². The average molecular weight is 627 g/mol. The van der Waals surface area contributed by atoms with E-state index in [-0.39, 0.29) is 0 Å². The predicted molar refractivity (Wildman–Crippen MR) is 199 cm³/mol. The van der Waals surface area contributed by atoms with Gasteiger partial charge in [0.2, 0.25) is 0 Å². The molecule has 10 aromatic rings. The van der Waals surface area contributed by atoms with Gasteiger partial charge in [-0.3, -0.25) is 4.98 Å². The predicted octanol–water partition coefficient (Wildman–Crippen LogP) is 11.3. The maximum Gasteiger partial charge on any atom is 0.164 e. The SMILES string of the molecule is c1ccc2cc(-c3nc(-c4ccc5ccc(-c6cc7ccccc7cn6)cc5c4)nc(-c4ccc5c(c4)oc4ccccc45)n3)ccc2c1. The standard InChI is InChI=1S/C44H26N4O/c1-2-8-29-21-32(17-14-27(29)7-1)42-46-43(48-44(47-42)34-19-20-38-37-11-5-6-12-40(37)49-41(38)25-34)33-18-15-28-13-16-31(22-36(28)23-33)39-24-30-9-3-4-10-35(30)26-45-39/h1-26H. The molecule has 5 nitrogen and oxygen atoms in total. The Morgan fingerprint density at radius 2 is 0.857 bits per heavy atom. The Bertz CT molecular complexity index is 2910. The average Bonchev–Trinajstić information content (AvgIpc) is 3.55. The number of pyridine rings is 1. The van der Waals surface area contributed by atoms with Crippen LogP contribution >= 0.6 is 0 Å². The Hall–Kier alpha value is -6.72. The summed E-state index contributed by atoms with van der Waals surface area (Å²) in [5.41, 5.74) is 6.36. The number of para-hydroxylation sites is 1. The van der Waals surface area contributed by atoms with Crippen molar-refractivity contribution in [1.29, 1.82) is 0 Å². The molecule has 10 rings (SSSR count). The van der Waals surface area contributed by atoms with Gasteiger partial charge in [0.05, 0.1) is 5.69 Å². The minimum Gasteiger partial charge on any atom is -0.456 e. The molecule has 0 atom stereocenters. The highest BCUT2D eigenvalue weighted by atomic mass is 16.3. The third kappa shape index (κ3) is 4.79. The molecular formula is C44H26N4O. The Balaban J connectivity index is 1.13. The summed E-state index contributed by atoms with van der Waals surface area (Å²) in [5, 5.41) is 8.97. The molecule has 3 heterocycles. The topological polar surface area (TPSA) is 64.7 Å². The molecule has 0 aliphatic rings. The van der Waals surface area contributed by atoms with Gasteiger partial charge >= 0.3 is 0 Å². The number of fused-ring (bicyclic) bond motifs is 6. The third-order valence-electron chi connectivity index (χ3n) is 9.31. The van der Waals surface area contributed by atoms with Crippen molar-refractivity contribution in [1.82, 2.24) is 19.9 Å². The summed E-state index contributed by atoms with van der Waals surface area (Å²) in [5.74, 6) is 1.81. The summed E-state index contributed by atoms with van der Waals surface area (Å²) in [7, 11) is 0. The summed E-state index contributed by atoms with van der Waals surface area (Å²) in [6, 6.07) is 52.3. The zero-order valence-electron chi connectivity index (χ0n) is 26.2. The van der Waals surface area contributed by atoms with E-state index in [1.165, 1.54) is 10.8 Å². The van der Waals surface area contributed by atoms with Crippen molar-refractivity contribution in [3.63, 3.8) is 0 Å². The first-order valence-electron chi connectivity index (χ1n) is 16.3. The van der Waals surface area contributed by atoms with E-state index < -0.39 is 0 Å². The van der Waals surface area contributed by atoms with Gasteiger partial charge in [-0.1, -0.05) is 109 Å². The van der Waals surface area contributed by atoms with Crippen LogP contribution in [-0.2, 0) is 0 Å². The molecule has 0 spiro atoms. The molecule has 228 valence electrons. The van der Waals surface area contributed by atoms with Crippen molar-refractivity contribution in [2.75, 3.05) is 0 Å². The van der Waals surface area contributed by atoms with Crippen LogP contribution in [0.1, 0.15) is 0 Å². The maximum atomic E-state index is 6.24. The lowest BCUT2D eigenvalue weighted by molar-refractivity contribution is 0.669. The molecule has 7 aromatic carbocycles. The Morgan fingerprint density at radius 3 is 1.61 bits per heavy atom. The summed E-state index contributed by atoms with van der Waals surface area (Å²) in [6.45, 7) is 0. The van der Waals surface area contributed by atoms with Crippen molar-refractivity contribution >= 4 is 54.3 Å². The summed E-state index contributed by atoms with van der Waals surface area (Å²) in [6.07, 6.45) is 1.94. The van der Waals surface area contributed by atoms with Crippen molar-refractivity contribution in [2.24, 2.45) is 0 Å². The number of rotatable bonds is 4. The molecule has 0 aliphatic carbocycles. The largest absolute Gasteiger partial charge is 0.456 e. The van der Waals surface area contributed by atoms with E-state index in [4.69, 9.17) is 24.4 Å². The first-order chi connectivity index (χ1) is 24.2. The molecule has 5 heteroatoms. The van der Waals surface area contributed by atoms with Crippen LogP contribution in [0.3, 0.4) is 0 Å². The van der Waals surface area contributed by atoms with Gasteiger partial charge in [-0.15, -0.1) is 0 Å². The highest BCUT2D eigenvalue weighted by molar-refractivity contribution is 6.05. The van der Waals surface area contributed by atoms with E-state index in [2.05, 4.69) is 121 Å². The Kier molecular flexibility index (Phi) is 6.11. The van der Waals surface area contributed by atoms with Crippen LogP contribution in [0.2, 0.25) is 0 Å². The molecule has 0 saturated carbocycles. The van der Waals surface area contributed by atoms with E-state index in [0.29, 0.717) is 17.5 Å². The zero-order chi connectivity index (χ0) is 32.3. The molecule has 0 amide bonds. The van der Waals surface area contributed by atoms with Gasteiger partial charge in [-0.25, -0.2) is 15.0 Å². The quantitative estimate of drug-likeness (QED) is 0.194. The van der Waals surface area contributed by atoms with Crippen LogP contribution in [0.4, 0.5) is 0 Å². The minimum atomic E-state index is 0.588. The van der Waals surface area contributed by atoms with Gasteiger partial charge in [0.15, 0.2) is 17.5 Å². The zero-order valence-corrected chi connectivity index (χ0v) is 26.2. The van der Waals surface area contributed by atoms with Gasteiger partial charge < -0.3 is 4.42 Å². The smallest absolute Gasteiger partial charge is 0.164 e. The molecular weight excluding hydrogens is 601 g/mol. The van der Waals surface area contributed by atoms with Crippen molar-refractivity contribution < 1.29 is 4.42 Å². The van der Waals surface area contributed by atoms with Gasteiger partial charge in [0.25, 0.3) is 0 Å². The normalized spacial score (nSPS) is 11.7. The highest BCUT2D eigenvalue weighted by Gasteiger charge is 2.16. The Labute approximate surface area is 281 Å². The van der Waals surface area contributed by atoms with E-state index >= 15 is 0 Å². The lowest BCUT2D eigenvalue weighted by Gasteiger charge is -2.10. The van der Waals surface area contributed by atoms with Crippen molar-refractivity contribution in [2.45, 2.75) is 0 Å². The number of furan rings is 1. The van der Waals surface area contributed by atoms with E-state index in [1.54, 1.807) is 0 Å². The van der Waals surface area contributed by atoms with Gasteiger partial charge in [0.1, 0.15) is 11.2 Å². The number of hydrogen-bond donors (Lipinski definition) is 0. The molecule has 0 bridgehead atoms. The molecule has 3 aromatic heterocycles. The third-order valence-corrected chi connectivity index (χ3v) is 9.31. The van der Waals surface area contributed by atoms with Crippen LogP contribution in [0.25, 0.3) is 99.7 Å². The number of benzene rings is 7. The van der Waals surface area contributed by atoms with E-state index in [1.807, 2.05) is 36.5 Å². The molecule has 0 N–H and O–H groups in total. The van der Waals surface area contributed by atoms with Crippen molar-refractivity contribution in [3.05, 3.63) is 158 Å². The maximum absolute atomic E-state index is 6.24. The molecule has 49 heavy (non-hydrogen) atoms. The summed E-state index contributed by atoms with van der Waals surface area (Å²) >= 11 is 0. The second-order valence-electron chi connectivity index (χ2n) is 12.4. The number of aromatic nitrogens is 4. The van der Waals surface area contributed by atoms with Gasteiger partial charge in [0, 0.05) is 44.6 Å². The molecule has 0 unspecified atom stereocenters. The summed E-state index contributed by atoms with van der Waals surface area (Å²) in [4.78, 5) is 19.9. The molecule has 0 radical (unpaired) electrons. The minimum absolute atomic E-state index is 0.588. The van der Waals surface area contributed by atoms with Crippen LogP contribution in [-0.4, -0.2) is 19.9 Å². The number of nitrogens with zero attached hydrogens (tertiary/aromatic N) is 4. The fraction of sp³-hybridized carbons (Fsp3) is 0. The summed E-state index contributed by atoms with van der Waals surface area (Å²) < 4.78 is 6.24. The first-order valence-corrected chi connectivity index (χ1v) is 16.3. The van der Waals surface area contributed by atoms with Crippen LogP contribution in [0, 0.1) is 0 Å². The number of hydrogen-bond acceptors (Lipinski definition) is 5. The lowest BCUT2D eigenvalue weighted by atomic mass is 10.0. The monoisotopic (exact) mass is 626 g/mol. The second kappa shape index (κ2) is 10.9. The molecule has 0 aliphatic heterocycles.